The van der Waals surface area contributed by atoms with Crippen LogP contribution in [-0.4, -0.2) is 17.0 Å². The summed E-state index contributed by atoms with van der Waals surface area (Å²) < 4.78 is 0. The fourth-order valence-corrected chi connectivity index (χ4v) is 1.94. The Labute approximate surface area is 105 Å². The van der Waals surface area contributed by atoms with E-state index in [4.69, 9.17) is 11.6 Å². The van der Waals surface area contributed by atoms with E-state index in [1.165, 1.54) is 6.92 Å². The third-order valence-corrected chi connectivity index (χ3v) is 2.84. The number of amides is 1. The molecule has 0 saturated carbocycles. The Morgan fingerprint density at radius 2 is 2.12 bits per heavy atom. The van der Waals surface area contributed by atoms with Crippen molar-refractivity contribution in [2.75, 3.05) is 0 Å². The van der Waals surface area contributed by atoms with Crippen molar-refractivity contribution >= 4 is 23.5 Å². The van der Waals surface area contributed by atoms with Crippen LogP contribution in [0, 0.1) is 0 Å². The zero-order valence-corrected chi connectivity index (χ0v) is 10.4. The van der Waals surface area contributed by atoms with Gasteiger partial charge in [-0.1, -0.05) is 30.7 Å². The predicted octanol–water partition coefficient (Wildman–Crippen LogP) is 2.17. The Kier molecular flexibility index (Phi) is 4.12. The molecule has 1 rings (SSSR count). The summed E-state index contributed by atoms with van der Waals surface area (Å²) in [6.45, 7) is 2.99. The first-order valence-electron chi connectivity index (χ1n) is 5.20. The fourth-order valence-electron chi connectivity index (χ4n) is 1.75. The van der Waals surface area contributed by atoms with Gasteiger partial charge in [0.15, 0.2) is 5.54 Å². The number of hydrogen-bond acceptors (Lipinski definition) is 2. The molecule has 1 unspecified atom stereocenters. The SMILES string of the molecule is CCC(NC(C)=O)(C(=O)O)c1cccc(Cl)c1. The maximum Gasteiger partial charge on any atom is 0.334 e. The van der Waals surface area contributed by atoms with Crippen LogP contribution in [0.25, 0.3) is 0 Å². The van der Waals surface area contributed by atoms with E-state index in [9.17, 15) is 14.7 Å². The summed E-state index contributed by atoms with van der Waals surface area (Å²) in [5.74, 6) is -1.49. The predicted molar refractivity (Wildman–Crippen MR) is 64.9 cm³/mol. The Morgan fingerprint density at radius 3 is 2.53 bits per heavy atom. The summed E-state index contributed by atoms with van der Waals surface area (Å²) in [4.78, 5) is 22.6. The van der Waals surface area contributed by atoms with Crippen LogP contribution in [0.15, 0.2) is 24.3 Å². The van der Waals surface area contributed by atoms with Gasteiger partial charge in [0.1, 0.15) is 0 Å². The van der Waals surface area contributed by atoms with Crippen LogP contribution in [0.3, 0.4) is 0 Å². The van der Waals surface area contributed by atoms with Crippen LogP contribution in [0.1, 0.15) is 25.8 Å². The molecule has 92 valence electrons. The lowest BCUT2D eigenvalue weighted by Gasteiger charge is -2.29. The van der Waals surface area contributed by atoms with Gasteiger partial charge in [-0.25, -0.2) is 4.79 Å². The smallest absolute Gasteiger partial charge is 0.334 e. The van der Waals surface area contributed by atoms with Gasteiger partial charge >= 0.3 is 5.97 Å². The molecule has 0 saturated heterocycles. The summed E-state index contributed by atoms with van der Waals surface area (Å²) in [7, 11) is 0. The third-order valence-electron chi connectivity index (χ3n) is 2.60. The van der Waals surface area contributed by atoms with E-state index >= 15 is 0 Å². The highest BCUT2D eigenvalue weighted by atomic mass is 35.5. The number of carboxylic acids is 1. The lowest BCUT2D eigenvalue weighted by molar-refractivity contribution is -0.148. The molecule has 0 bridgehead atoms. The van der Waals surface area contributed by atoms with Crippen molar-refractivity contribution in [2.24, 2.45) is 0 Å². The van der Waals surface area contributed by atoms with Crippen molar-refractivity contribution in [3.63, 3.8) is 0 Å². The van der Waals surface area contributed by atoms with Gasteiger partial charge in [-0.05, 0) is 24.1 Å². The fraction of sp³-hybridized carbons (Fsp3) is 0.333. The van der Waals surface area contributed by atoms with Crippen molar-refractivity contribution in [1.29, 1.82) is 0 Å². The van der Waals surface area contributed by atoms with Gasteiger partial charge in [0, 0.05) is 11.9 Å². The Balaban J connectivity index is 3.31. The zero-order chi connectivity index (χ0) is 13.1. The molecule has 0 spiro atoms. The maximum atomic E-state index is 11.4. The highest BCUT2D eigenvalue weighted by Crippen LogP contribution is 2.27. The van der Waals surface area contributed by atoms with E-state index in [0.717, 1.165) is 0 Å². The van der Waals surface area contributed by atoms with Crippen molar-refractivity contribution in [3.8, 4) is 0 Å². The lowest BCUT2D eigenvalue weighted by Crippen LogP contribution is -2.50. The maximum absolute atomic E-state index is 11.4. The normalized spacial score (nSPS) is 13.8. The molecule has 1 aromatic carbocycles. The molecule has 1 aromatic rings. The quantitative estimate of drug-likeness (QED) is 0.867. The number of halogens is 1. The average molecular weight is 256 g/mol. The number of rotatable bonds is 4. The summed E-state index contributed by atoms with van der Waals surface area (Å²) >= 11 is 5.84. The van der Waals surface area contributed by atoms with Gasteiger partial charge in [0.2, 0.25) is 5.91 Å². The average Bonchev–Trinajstić information content (AvgIpc) is 2.25. The van der Waals surface area contributed by atoms with E-state index in [-0.39, 0.29) is 6.42 Å². The second kappa shape index (κ2) is 5.19. The van der Waals surface area contributed by atoms with Crippen LogP contribution in [-0.2, 0) is 15.1 Å². The minimum atomic E-state index is -1.42. The Bertz CT molecular complexity index is 447. The Hall–Kier alpha value is -1.55. The molecule has 1 atom stereocenters. The number of benzene rings is 1. The third kappa shape index (κ3) is 2.77. The molecule has 0 fully saturated rings. The van der Waals surface area contributed by atoms with Crippen LogP contribution < -0.4 is 5.32 Å². The first-order valence-corrected chi connectivity index (χ1v) is 5.58. The second-order valence-electron chi connectivity index (χ2n) is 3.76. The van der Waals surface area contributed by atoms with Crippen molar-refractivity contribution in [1.82, 2.24) is 5.32 Å². The van der Waals surface area contributed by atoms with Crippen LogP contribution in [0.2, 0.25) is 5.02 Å². The number of nitrogens with one attached hydrogen (secondary N) is 1. The molecule has 0 aromatic heterocycles. The van der Waals surface area contributed by atoms with E-state index in [0.29, 0.717) is 10.6 Å². The highest BCUT2D eigenvalue weighted by Gasteiger charge is 2.39. The van der Waals surface area contributed by atoms with Gasteiger partial charge in [-0.15, -0.1) is 0 Å². The molecule has 1 amide bonds. The summed E-state index contributed by atoms with van der Waals surface area (Å²) in [6.07, 6.45) is 0.238. The number of carbonyl (C=O) groups is 2. The van der Waals surface area contributed by atoms with E-state index in [1.54, 1.807) is 31.2 Å². The van der Waals surface area contributed by atoms with Crippen molar-refractivity contribution in [2.45, 2.75) is 25.8 Å². The first-order chi connectivity index (χ1) is 7.92. The van der Waals surface area contributed by atoms with Gasteiger partial charge < -0.3 is 10.4 Å². The Morgan fingerprint density at radius 1 is 1.47 bits per heavy atom. The molecular weight excluding hydrogens is 242 g/mol. The zero-order valence-electron chi connectivity index (χ0n) is 9.66. The second-order valence-corrected chi connectivity index (χ2v) is 4.19. The minimum Gasteiger partial charge on any atom is -0.479 e. The number of carbonyl (C=O) groups excluding carboxylic acids is 1. The van der Waals surface area contributed by atoms with Crippen molar-refractivity contribution in [3.05, 3.63) is 34.9 Å². The minimum absolute atomic E-state index is 0.238. The summed E-state index contributed by atoms with van der Waals surface area (Å²) in [5, 5.41) is 12.3. The van der Waals surface area contributed by atoms with Gasteiger partial charge in [0.05, 0.1) is 0 Å². The standard InChI is InChI=1S/C12H14ClNO3/c1-3-12(11(16)17,14-8(2)15)9-5-4-6-10(13)7-9/h4-7H,3H2,1-2H3,(H,14,15)(H,16,17). The van der Waals surface area contributed by atoms with Gasteiger partial charge in [-0.3, -0.25) is 4.79 Å². The molecular formula is C12H14ClNO3. The summed E-state index contributed by atoms with van der Waals surface area (Å²) in [5.41, 5.74) is -0.952. The number of hydrogen-bond donors (Lipinski definition) is 2. The lowest BCUT2D eigenvalue weighted by atomic mass is 9.87. The number of aliphatic carboxylic acids is 1. The molecule has 0 aliphatic carbocycles. The molecule has 0 aliphatic rings. The first kappa shape index (κ1) is 13.5. The van der Waals surface area contributed by atoms with Crippen LogP contribution >= 0.6 is 11.6 Å². The molecule has 17 heavy (non-hydrogen) atoms. The monoisotopic (exact) mass is 255 g/mol. The van der Waals surface area contributed by atoms with Gasteiger partial charge in [-0.2, -0.15) is 0 Å². The van der Waals surface area contributed by atoms with Crippen molar-refractivity contribution < 1.29 is 14.7 Å². The molecule has 2 N–H and O–H groups in total. The largest absolute Gasteiger partial charge is 0.479 e. The topological polar surface area (TPSA) is 66.4 Å². The van der Waals surface area contributed by atoms with Crippen LogP contribution in [0.4, 0.5) is 0 Å². The molecule has 0 heterocycles. The van der Waals surface area contributed by atoms with Gasteiger partial charge in [0.25, 0.3) is 0 Å². The van der Waals surface area contributed by atoms with E-state index in [2.05, 4.69) is 5.32 Å². The van der Waals surface area contributed by atoms with E-state index < -0.39 is 17.4 Å². The molecule has 0 aliphatic heterocycles. The highest BCUT2D eigenvalue weighted by molar-refractivity contribution is 6.30. The van der Waals surface area contributed by atoms with Crippen LogP contribution in [0.5, 0.6) is 0 Å². The number of carboxylic acid groups (broad SMARTS) is 1. The van der Waals surface area contributed by atoms with E-state index in [1.807, 2.05) is 0 Å². The molecule has 5 heteroatoms. The summed E-state index contributed by atoms with van der Waals surface area (Å²) in [6, 6.07) is 6.50. The molecule has 4 nitrogen and oxygen atoms in total. The molecule has 0 radical (unpaired) electrons.